The number of pyridine rings is 1. The highest BCUT2D eigenvalue weighted by Crippen LogP contribution is 2.10. The predicted molar refractivity (Wildman–Crippen MR) is 87.3 cm³/mol. The molecule has 0 unspecified atom stereocenters. The number of fused-ring (bicyclic) bond motifs is 1. The largest absolute Gasteiger partial charge is 0.421 e. The highest BCUT2D eigenvalue weighted by molar-refractivity contribution is 5.78. The van der Waals surface area contributed by atoms with Gasteiger partial charge in [0.2, 0.25) is 5.91 Å². The molecule has 2 aromatic heterocycles. The summed E-state index contributed by atoms with van der Waals surface area (Å²) in [5, 5.41) is 2.80. The van der Waals surface area contributed by atoms with Gasteiger partial charge in [0.1, 0.15) is 6.54 Å². The molecule has 0 atom stereocenters. The van der Waals surface area contributed by atoms with Gasteiger partial charge in [-0.3, -0.25) is 4.79 Å². The van der Waals surface area contributed by atoms with Gasteiger partial charge < -0.3 is 14.5 Å². The zero-order valence-electron chi connectivity index (χ0n) is 13.2. The quantitative estimate of drug-likeness (QED) is 0.740. The van der Waals surface area contributed by atoms with Crippen LogP contribution in [0.15, 0.2) is 51.8 Å². The Kier molecular flexibility index (Phi) is 4.72. The first-order valence-electron chi connectivity index (χ1n) is 7.46. The second kappa shape index (κ2) is 7.10. The summed E-state index contributed by atoms with van der Waals surface area (Å²) in [6.45, 7) is 0.688. The molecular weight excluding hydrogens is 310 g/mol. The highest BCUT2D eigenvalue weighted by atomic mass is 16.5. The van der Waals surface area contributed by atoms with Gasteiger partial charge in [-0.25, -0.2) is 14.3 Å². The first-order valence-corrected chi connectivity index (χ1v) is 7.46. The highest BCUT2D eigenvalue weighted by Gasteiger charge is 2.13. The molecule has 7 nitrogen and oxygen atoms in total. The molecule has 0 radical (unpaired) electrons. The van der Waals surface area contributed by atoms with E-state index in [2.05, 4.69) is 10.3 Å². The number of methoxy groups -OCH3 is 1. The average Bonchev–Trinajstić information content (AvgIpc) is 2.90. The molecule has 0 aliphatic rings. The van der Waals surface area contributed by atoms with Crippen molar-refractivity contribution in [2.45, 2.75) is 19.7 Å². The van der Waals surface area contributed by atoms with Gasteiger partial charge in [0.05, 0.1) is 6.61 Å². The van der Waals surface area contributed by atoms with Crippen molar-refractivity contribution < 1.29 is 13.9 Å². The van der Waals surface area contributed by atoms with Crippen LogP contribution in [-0.2, 0) is 29.2 Å². The molecular formula is C17H17N3O4. The van der Waals surface area contributed by atoms with Crippen LogP contribution >= 0.6 is 0 Å². The molecule has 0 fully saturated rings. The minimum atomic E-state index is -0.598. The number of nitrogens with one attached hydrogen (secondary N) is 1. The van der Waals surface area contributed by atoms with Crippen LogP contribution in [0.5, 0.6) is 0 Å². The number of oxazole rings is 1. The summed E-state index contributed by atoms with van der Waals surface area (Å²) < 4.78 is 11.4. The lowest BCUT2D eigenvalue weighted by Crippen LogP contribution is -2.30. The maximum atomic E-state index is 12.2. The molecule has 0 aliphatic carbocycles. The molecule has 124 valence electrons. The van der Waals surface area contributed by atoms with E-state index in [0.29, 0.717) is 24.4 Å². The van der Waals surface area contributed by atoms with Crippen molar-refractivity contribution in [1.82, 2.24) is 14.9 Å². The van der Waals surface area contributed by atoms with Crippen LogP contribution in [0.1, 0.15) is 11.1 Å². The second-order valence-electron chi connectivity index (χ2n) is 5.26. The van der Waals surface area contributed by atoms with E-state index in [1.54, 1.807) is 25.4 Å². The monoisotopic (exact) mass is 327 g/mol. The molecule has 1 aromatic carbocycles. The van der Waals surface area contributed by atoms with Gasteiger partial charge in [0.25, 0.3) is 0 Å². The van der Waals surface area contributed by atoms with Gasteiger partial charge in [0.15, 0.2) is 11.2 Å². The van der Waals surface area contributed by atoms with Crippen molar-refractivity contribution in [3.8, 4) is 0 Å². The van der Waals surface area contributed by atoms with Gasteiger partial charge in [-0.05, 0) is 23.3 Å². The summed E-state index contributed by atoms with van der Waals surface area (Å²) in [5.74, 6) is -0.892. The van der Waals surface area contributed by atoms with Crippen molar-refractivity contribution in [3.63, 3.8) is 0 Å². The normalized spacial score (nSPS) is 10.9. The maximum Gasteiger partial charge on any atom is 0.421 e. The van der Waals surface area contributed by atoms with E-state index in [-0.39, 0.29) is 12.5 Å². The SMILES string of the molecule is COCc1ccccc1CNC(=O)Cn1c(=O)oc2cccnc21. The molecule has 1 N–H and O–H groups in total. The van der Waals surface area contributed by atoms with Gasteiger partial charge in [-0.15, -0.1) is 0 Å². The summed E-state index contributed by atoms with van der Waals surface area (Å²) in [5.41, 5.74) is 2.70. The van der Waals surface area contributed by atoms with Crippen LogP contribution < -0.4 is 11.1 Å². The van der Waals surface area contributed by atoms with Crippen molar-refractivity contribution in [2.75, 3.05) is 7.11 Å². The Bertz CT molecular complexity index is 913. The molecule has 7 heteroatoms. The van der Waals surface area contributed by atoms with Gasteiger partial charge >= 0.3 is 5.76 Å². The van der Waals surface area contributed by atoms with E-state index in [4.69, 9.17) is 9.15 Å². The first-order chi connectivity index (χ1) is 11.7. The Balaban J connectivity index is 1.70. The van der Waals surface area contributed by atoms with Crippen LogP contribution in [0.25, 0.3) is 11.2 Å². The summed E-state index contributed by atoms with van der Waals surface area (Å²) in [7, 11) is 1.62. The van der Waals surface area contributed by atoms with Crippen LogP contribution in [0.2, 0.25) is 0 Å². The molecule has 2 heterocycles. The number of benzene rings is 1. The fraction of sp³-hybridized carbons (Fsp3) is 0.235. The molecule has 24 heavy (non-hydrogen) atoms. The number of hydrogen-bond acceptors (Lipinski definition) is 5. The minimum absolute atomic E-state index is 0.144. The van der Waals surface area contributed by atoms with Crippen molar-refractivity contribution >= 4 is 17.1 Å². The zero-order valence-corrected chi connectivity index (χ0v) is 13.2. The maximum absolute atomic E-state index is 12.2. The van der Waals surface area contributed by atoms with Crippen molar-refractivity contribution in [2.24, 2.45) is 0 Å². The van der Waals surface area contributed by atoms with Gasteiger partial charge in [-0.1, -0.05) is 24.3 Å². The Hall–Kier alpha value is -2.93. The van der Waals surface area contributed by atoms with Gasteiger partial charge in [-0.2, -0.15) is 0 Å². The Morgan fingerprint density at radius 2 is 2.04 bits per heavy atom. The third kappa shape index (κ3) is 3.36. The average molecular weight is 327 g/mol. The number of aromatic nitrogens is 2. The molecule has 0 saturated heterocycles. The second-order valence-corrected chi connectivity index (χ2v) is 5.26. The number of ether oxygens (including phenoxy) is 1. The predicted octanol–water partition coefficient (Wildman–Crippen LogP) is 1.45. The number of hydrogen-bond donors (Lipinski definition) is 1. The first kappa shape index (κ1) is 15.9. The Morgan fingerprint density at radius 1 is 1.25 bits per heavy atom. The molecule has 3 aromatic rings. The number of carbonyl (C=O) groups excluding carboxylic acids is 1. The Labute approximate surface area is 137 Å². The van der Waals surface area contributed by atoms with Crippen LogP contribution in [0, 0.1) is 0 Å². The summed E-state index contributed by atoms with van der Waals surface area (Å²) >= 11 is 0. The van der Waals surface area contributed by atoms with Crippen LogP contribution in [0.4, 0.5) is 0 Å². The van der Waals surface area contributed by atoms with Gasteiger partial charge in [0, 0.05) is 19.9 Å². The van der Waals surface area contributed by atoms with Crippen LogP contribution in [0.3, 0.4) is 0 Å². The van der Waals surface area contributed by atoms with Crippen molar-refractivity contribution in [3.05, 3.63) is 64.3 Å². The lowest BCUT2D eigenvalue weighted by molar-refractivity contribution is -0.121. The van der Waals surface area contributed by atoms with E-state index < -0.39 is 5.76 Å². The zero-order chi connectivity index (χ0) is 16.9. The molecule has 0 bridgehead atoms. The minimum Gasteiger partial charge on any atom is -0.406 e. The van der Waals surface area contributed by atoms with E-state index in [1.807, 2.05) is 24.3 Å². The third-order valence-electron chi connectivity index (χ3n) is 3.62. The fourth-order valence-electron chi connectivity index (χ4n) is 2.46. The molecule has 1 amide bonds. The molecule has 0 aliphatic heterocycles. The van der Waals surface area contributed by atoms with Crippen molar-refractivity contribution in [1.29, 1.82) is 0 Å². The van der Waals surface area contributed by atoms with E-state index in [9.17, 15) is 9.59 Å². The van der Waals surface area contributed by atoms with E-state index >= 15 is 0 Å². The number of nitrogens with zero attached hydrogens (tertiary/aromatic N) is 2. The van der Waals surface area contributed by atoms with E-state index in [1.165, 1.54) is 4.57 Å². The fourth-order valence-corrected chi connectivity index (χ4v) is 2.46. The summed E-state index contributed by atoms with van der Waals surface area (Å²) in [6, 6.07) is 11.0. The van der Waals surface area contributed by atoms with E-state index in [0.717, 1.165) is 11.1 Å². The smallest absolute Gasteiger partial charge is 0.406 e. The molecule has 0 saturated carbocycles. The summed E-state index contributed by atoms with van der Waals surface area (Å²) in [6.07, 6.45) is 1.55. The lowest BCUT2D eigenvalue weighted by atomic mass is 10.1. The lowest BCUT2D eigenvalue weighted by Gasteiger charge is -2.10. The molecule has 0 spiro atoms. The van der Waals surface area contributed by atoms with Crippen LogP contribution in [-0.4, -0.2) is 22.6 Å². The standard InChI is InChI=1S/C17H17N3O4/c1-23-11-13-6-3-2-5-12(13)9-19-15(21)10-20-16-14(24-17(20)22)7-4-8-18-16/h2-8H,9-11H2,1H3,(H,19,21). The third-order valence-corrected chi connectivity index (χ3v) is 3.62. The Morgan fingerprint density at radius 3 is 2.83 bits per heavy atom. The topological polar surface area (TPSA) is 86.4 Å². The molecule has 3 rings (SSSR count). The summed E-state index contributed by atoms with van der Waals surface area (Å²) in [4.78, 5) is 28.1. The number of amides is 1. The number of rotatable bonds is 6. The number of carbonyl (C=O) groups is 1.